The second kappa shape index (κ2) is 11.6. The summed E-state index contributed by atoms with van der Waals surface area (Å²) in [5.74, 6) is 0.439. The van der Waals surface area contributed by atoms with Crippen LogP contribution in [-0.4, -0.2) is 41.6 Å². The highest BCUT2D eigenvalue weighted by Crippen LogP contribution is 2.33. The van der Waals surface area contributed by atoms with Gasteiger partial charge in [0.15, 0.2) is 11.5 Å². The first kappa shape index (κ1) is 25.1. The van der Waals surface area contributed by atoms with E-state index >= 15 is 0 Å². The summed E-state index contributed by atoms with van der Waals surface area (Å²) in [5.41, 5.74) is 2.70. The number of carbonyl (C=O) groups is 1. The lowest BCUT2D eigenvalue weighted by molar-refractivity contribution is -0.119. The van der Waals surface area contributed by atoms with Crippen molar-refractivity contribution < 1.29 is 22.7 Å². The third-order valence-electron chi connectivity index (χ3n) is 5.36. The van der Waals surface area contributed by atoms with E-state index in [4.69, 9.17) is 9.47 Å². The molecule has 34 heavy (non-hydrogen) atoms. The van der Waals surface area contributed by atoms with Crippen LogP contribution in [0, 0.1) is 6.92 Å². The average molecular weight is 483 g/mol. The summed E-state index contributed by atoms with van der Waals surface area (Å²) in [5, 5.41) is 2.84. The summed E-state index contributed by atoms with van der Waals surface area (Å²) in [6.07, 6.45) is 1.57. The van der Waals surface area contributed by atoms with E-state index in [-0.39, 0.29) is 11.4 Å². The van der Waals surface area contributed by atoms with Crippen LogP contribution in [0.5, 0.6) is 11.5 Å². The Morgan fingerprint density at radius 1 is 0.912 bits per heavy atom. The zero-order chi connectivity index (χ0) is 24.6. The van der Waals surface area contributed by atoms with Gasteiger partial charge in [0, 0.05) is 12.6 Å². The van der Waals surface area contributed by atoms with Crippen LogP contribution < -0.4 is 19.1 Å². The maximum absolute atomic E-state index is 13.4. The molecule has 8 heteroatoms. The average Bonchev–Trinajstić information content (AvgIpc) is 2.86. The van der Waals surface area contributed by atoms with Crippen molar-refractivity contribution in [3.63, 3.8) is 0 Å². The molecule has 0 radical (unpaired) electrons. The number of aryl methyl sites for hydroxylation is 2. The van der Waals surface area contributed by atoms with Crippen molar-refractivity contribution in [2.45, 2.75) is 24.7 Å². The number of benzene rings is 3. The van der Waals surface area contributed by atoms with Crippen molar-refractivity contribution in [2.75, 3.05) is 31.6 Å². The van der Waals surface area contributed by atoms with Crippen LogP contribution in [0.4, 0.5) is 5.69 Å². The molecule has 1 amide bonds. The lowest BCUT2D eigenvalue weighted by atomic mass is 10.1. The maximum Gasteiger partial charge on any atom is 0.264 e. The Bertz CT molecular complexity index is 1200. The predicted molar refractivity (Wildman–Crippen MR) is 133 cm³/mol. The summed E-state index contributed by atoms with van der Waals surface area (Å²) in [4.78, 5) is 12.9. The minimum Gasteiger partial charge on any atom is -0.493 e. The third kappa shape index (κ3) is 6.29. The molecule has 3 rings (SSSR count). The number of methoxy groups -OCH3 is 2. The number of ether oxygens (including phenoxy) is 2. The molecule has 0 saturated heterocycles. The number of nitrogens with zero attached hydrogens (tertiary/aromatic N) is 1. The van der Waals surface area contributed by atoms with Gasteiger partial charge in [-0.1, -0.05) is 48.0 Å². The van der Waals surface area contributed by atoms with E-state index in [0.717, 1.165) is 17.1 Å². The van der Waals surface area contributed by atoms with Gasteiger partial charge in [-0.05, 0) is 49.6 Å². The molecule has 0 bridgehead atoms. The van der Waals surface area contributed by atoms with Crippen LogP contribution in [0.1, 0.15) is 17.5 Å². The maximum atomic E-state index is 13.4. The van der Waals surface area contributed by atoms with Crippen LogP contribution in [0.15, 0.2) is 77.7 Å². The molecule has 0 atom stereocenters. The van der Waals surface area contributed by atoms with Gasteiger partial charge < -0.3 is 14.8 Å². The Morgan fingerprint density at radius 3 is 2.24 bits per heavy atom. The van der Waals surface area contributed by atoms with Gasteiger partial charge in [0.05, 0.1) is 24.8 Å². The molecule has 0 aliphatic heterocycles. The smallest absolute Gasteiger partial charge is 0.264 e. The predicted octanol–water partition coefficient (Wildman–Crippen LogP) is 3.96. The van der Waals surface area contributed by atoms with E-state index in [2.05, 4.69) is 29.6 Å². The minimum absolute atomic E-state index is 0.0944. The van der Waals surface area contributed by atoms with E-state index in [0.29, 0.717) is 23.7 Å². The number of carbonyl (C=O) groups excluding carboxylic acids is 1. The second-order valence-corrected chi connectivity index (χ2v) is 9.67. The molecule has 1 N–H and O–H groups in total. The van der Waals surface area contributed by atoms with Crippen LogP contribution in [-0.2, 0) is 21.2 Å². The summed E-state index contributed by atoms with van der Waals surface area (Å²) >= 11 is 0. The lowest BCUT2D eigenvalue weighted by Crippen LogP contribution is -2.41. The van der Waals surface area contributed by atoms with E-state index < -0.39 is 15.9 Å². The van der Waals surface area contributed by atoms with Crippen LogP contribution in [0.25, 0.3) is 0 Å². The first-order valence-electron chi connectivity index (χ1n) is 11.0. The van der Waals surface area contributed by atoms with Crippen molar-refractivity contribution in [2.24, 2.45) is 0 Å². The Balaban J connectivity index is 1.76. The molecular weight excluding hydrogens is 452 g/mol. The second-order valence-electron chi connectivity index (χ2n) is 7.80. The highest BCUT2D eigenvalue weighted by molar-refractivity contribution is 7.92. The summed E-state index contributed by atoms with van der Waals surface area (Å²) in [6, 6.07) is 21.0. The normalized spacial score (nSPS) is 11.0. The lowest BCUT2D eigenvalue weighted by Gasteiger charge is -2.25. The van der Waals surface area contributed by atoms with Crippen LogP contribution in [0.3, 0.4) is 0 Å². The van der Waals surface area contributed by atoms with Gasteiger partial charge in [0.1, 0.15) is 6.54 Å². The van der Waals surface area contributed by atoms with Gasteiger partial charge in [-0.3, -0.25) is 9.10 Å². The number of anilines is 1. The summed E-state index contributed by atoms with van der Waals surface area (Å²) in [6.45, 7) is 2.12. The highest BCUT2D eigenvalue weighted by atomic mass is 32.2. The number of sulfonamides is 1. The van der Waals surface area contributed by atoms with E-state index in [1.807, 2.05) is 6.92 Å². The van der Waals surface area contributed by atoms with E-state index in [1.54, 1.807) is 36.4 Å². The monoisotopic (exact) mass is 482 g/mol. The van der Waals surface area contributed by atoms with Gasteiger partial charge >= 0.3 is 0 Å². The SMILES string of the molecule is COc1ccc(N(CC(=O)NCCCc2ccc(C)cc2)S(=O)(=O)c2ccccc2)cc1OC. The number of amides is 1. The van der Waals surface area contributed by atoms with Crippen LogP contribution in [0.2, 0.25) is 0 Å². The molecule has 0 aromatic heterocycles. The Morgan fingerprint density at radius 2 is 1.59 bits per heavy atom. The summed E-state index contributed by atoms with van der Waals surface area (Å²) in [7, 11) is -1.02. The van der Waals surface area contributed by atoms with Crippen LogP contribution >= 0.6 is 0 Å². The molecule has 0 spiro atoms. The van der Waals surface area contributed by atoms with Gasteiger partial charge in [-0.2, -0.15) is 0 Å². The standard InChI is InChI=1S/C26H30N2O5S/c1-20-11-13-21(14-12-20)8-7-17-27-26(29)19-28(34(30,31)23-9-5-4-6-10-23)22-15-16-24(32-2)25(18-22)33-3/h4-6,9-16,18H,7-8,17,19H2,1-3H3,(H,27,29). The molecule has 0 unspecified atom stereocenters. The van der Waals surface area contributed by atoms with Gasteiger partial charge in [0.25, 0.3) is 10.0 Å². The molecular formula is C26H30N2O5S. The first-order chi connectivity index (χ1) is 16.3. The highest BCUT2D eigenvalue weighted by Gasteiger charge is 2.28. The topological polar surface area (TPSA) is 84.9 Å². The summed E-state index contributed by atoms with van der Waals surface area (Å²) < 4.78 is 38.6. The Labute approximate surface area is 201 Å². The molecule has 3 aromatic carbocycles. The van der Waals surface area contributed by atoms with Gasteiger partial charge in [-0.15, -0.1) is 0 Å². The van der Waals surface area contributed by atoms with Crippen molar-refractivity contribution in [3.05, 3.63) is 83.9 Å². The van der Waals surface area contributed by atoms with Crippen molar-refractivity contribution in [3.8, 4) is 11.5 Å². The van der Waals surface area contributed by atoms with E-state index in [1.165, 1.54) is 37.5 Å². The fourth-order valence-electron chi connectivity index (χ4n) is 3.48. The molecule has 0 aliphatic rings. The number of hydrogen-bond acceptors (Lipinski definition) is 5. The fourth-order valence-corrected chi connectivity index (χ4v) is 4.91. The minimum atomic E-state index is -4.00. The first-order valence-corrected chi connectivity index (χ1v) is 12.4. The third-order valence-corrected chi connectivity index (χ3v) is 7.15. The molecule has 0 saturated carbocycles. The van der Waals surface area contributed by atoms with Gasteiger partial charge in [0.2, 0.25) is 5.91 Å². The van der Waals surface area contributed by atoms with Crippen molar-refractivity contribution in [1.29, 1.82) is 0 Å². The molecule has 0 fully saturated rings. The largest absolute Gasteiger partial charge is 0.493 e. The fraction of sp³-hybridized carbons (Fsp3) is 0.269. The molecule has 0 heterocycles. The molecule has 7 nitrogen and oxygen atoms in total. The number of hydrogen-bond donors (Lipinski definition) is 1. The number of nitrogens with one attached hydrogen (secondary N) is 1. The molecule has 180 valence electrons. The Kier molecular flexibility index (Phi) is 8.54. The molecule has 0 aliphatic carbocycles. The molecule has 3 aromatic rings. The quantitative estimate of drug-likeness (QED) is 0.418. The zero-order valence-electron chi connectivity index (χ0n) is 19.7. The number of rotatable bonds is 11. The van der Waals surface area contributed by atoms with E-state index in [9.17, 15) is 13.2 Å². The van der Waals surface area contributed by atoms with Gasteiger partial charge in [-0.25, -0.2) is 8.42 Å². The Hall–Kier alpha value is -3.52. The zero-order valence-corrected chi connectivity index (χ0v) is 20.5. The van der Waals surface area contributed by atoms with Crippen molar-refractivity contribution >= 4 is 21.6 Å². The van der Waals surface area contributed by atoms with Crippen molar-refractivity contribution in [1.82, 2.24) is 5.32 Å².